The van der Waals surface area contributed by atoms with Crippen LogP contribution in [0.25, 0.3) is 4.96 Å². The molecule has 4 rings (SSSR count). The molecule has 6 heteroatoms. The SMILES string of the molecule is O=C(Cc1cn2ccsc2n1)N1CCCC1Cc1ccccc1Cl. The first-order valence-corrected chi connectivity index (χ1v) is 9.40. The number of carbonyl (C=O) groups is 1. The van der Waals surface area contributed by atoms with Gasteiger partial charge >= 0.3 is 0 Å². The molecule has 1 aromatic carbocycles. The number of imidazole rings is 1. The lowest BCUT2D eigenvalue weighted by atomic mass is 10.0. The van der Waals surface area contributed by atoms with E-state index in [1.807, 2.05) is 51.3 Å². The number of thiazole rings is 1. The fourth-order valence-electron chi connectivity index (χ4n) is 3.41. The van der Waals surface area contributed by atoms with E-state index in [-0.39, 0.29) is 11.9 Å². The molecule has 3 aromatic rings. The van der Waals surface area contributed by atoms with Gasteiger partial charge in [-0.15, -0.1) is 11.3 Å². The molecule has 2 aromatic heterocycles. The Bertz CT molecular complexity index is 843. The Kier molecular flexibility index (Phi) is 4.29. The maximum absolute atomic E-state index is 12.7. The Labute approximate surface area is 149 Å². The number of nitrogens with zero attached hydrogens (tertiary/aromatic N) is 3. The molecule has 3 heterocycles. The average Bonchev–Trinajstić information content (AvgIpc) is 3.25. The second kappa shape index (κ2) is 6.57. The fraction of sp³-hybridized carbons (Fsp3) is 0.333. The molecule has 4 nitrogen and oxygen atoms in total. The fourth-order valence-corrected chi connectivity index (χ4v) is 4.34. The highest BCUT2D eigenvalue weighted by atomic mass is 35.5. The molecule has 24 heavy (non-hydrogen) atoms. The van der Waals surface area contributed by atoms with E-state index < -0.39 is 0 Å². The van der Waals surface area contributed by atoms with Crippen molar-refractivity contribution in [2.24, 2.45) is 0 Å². The predicted molar refractivity (Wildman–Crippen MR) is 96.7 cm³/mol. The van der Waals surface area contributed by atoms with Crippen molar-refractivity contribution in [3.05, 3.63) is 58.3 Å². The van der Waals surface area contributed by atoms with Gasteiger partial charge in [0.2, 0.25) is 5.91 Å². The molecular weight excluding hydrogens is 342 g/mol. The average molecular weight is 360 g/mol. The van der Waals surface area contributed by atoms with E-state index in [2.05, 4.69) is 4.98 Å². The van der Waals surface area contributed by atoms with Crippen molar-refractivity contribution in [1.82, 2.24) is 14.3 Å². The minimum atomic E-state index is 0.162. The summed E-state index contributed by atoms with van der Waals surface area (Å²) in [6.45, 7) is 0.830. The number of halogens is 1. The Balaban J connectivity index is 1.46. The van der Waals surface area contributed by atoms with Crippen molar-refractivity contribution in [3.63, 3.8) is 0 Å². The molecule has 1 atom stereocenters. The molecule has 1 aliphatic rings. The minimum Gasteiger partial charge on any atom is -0.339 e. The molecule has 0 N–H and O–H groups in total. The molecular formula is C18H18ClN3OS. The standard InChI is InChI=1S/C18H18ClN3OS/c19-16-6-2-1-4-13(16)10-15-5-3-7-22(15)17(23)11-14-12-21-8-9-24-18(21)20-14/h1-2,4,6,8-9,12,15H,3,5,7,10-11H2. The first-order valence-electron chi connectivity index (χ1n) is 8.14. The number of rotatable bonds is 4. The van der Waals surface area contributed by atoms with Crippen LogP contribution in [0.5, 0.6) is 0 Å². The van der Waals surface area contributed by atoms with Gasteiger partial charge in [-0.25, -0.2) is 4.98 Å². The first-order chi connectivity index (χ1) is 11.7. The molecule has 1 fully saturated rings. The van der Waals surface area contributed by atoms with Crippen LogP contribution in [0.4, 0.5) is 0 Å². The van der Waals surface area contributed by atoms with Gasteiger partial charge < -0.3 is 4.90 Å². The quantitative estimate of drug-likeness (QED) is 0.710. The molecule has 0 radical (unpaired) electrons. The van der Waals surface area contributed by atoms with Gasteiger partial charge in [0.25, 0.3) is 0 Å². The zero-order valence-electron chi connectivity index (χ0n) is 13.2. The maximum atomic E-state index is 12.7. The van der Waals surface area contributed by atoms with Crippen LogP contribution in [0.2, 0.25) is 5.02 Å². The van der Waals surface area contributed by atoms with Crippen LogP contribution in [-0.4, -0.2) is 32.8 Å². The van der Waals surface area contributed by atoms with Crippen LogP contribution in [0.1, 0.15) is 24.1 Å². The number of hydrogen-bond donors (Lipinski definition) is 0. The minimum absolute atomic E-state index is 0.162. The number of carbonyl (C=O) groups excluding carboxylic acids is 1. The van der Waals surface area contributed by atoms with E-state index in [0.717, 1.165) is 47.0 Å². The van der Waals surface area contributed by atoms with Crippen molar-refractivity contribution >= 4 is 33.8 Å². The largest absolute Gasteiger partial charge is 0.339 e. The van der Waals surface area contributed by atoms with Gasteiger partial charge in [-0.2, -0.15) is 0 Å². The van der Waals surface area contributed by atoms with Crippen molar-refractivity contribution < 1.29 is 4.79 Å². The van der Waals surface area contributed by atoms with Crippen LogP contribution in [-0.2, 0) is 17.6 Å². The van der Waals surface area contributed by atoms with E-state index in [9.17, 15) is 4.79 Å². The van der Waals surface area contributed by atoms with Gasteiger partial charge in [0, 0.05) is 35.4 Å². The Morgan fingerprint density at radius 2 is 2.25 bits per heavy atom. The number of aromatic nitrogens is 2. The maximum Gasteiger partial charge on any atom is 0.228 e. The molecule has 0 aliphatic carbocycles. The summed E-state index contributed by atoms with van der Waals surface area (Å²) in [7, 11) is 0. The summed E-state index contributed by atoms with van der Waals surface area (Å²) in [6.07, 6.45) is 7.20. The third kappa shape index (κ3) is 3.06. The number of hydrogen-bond acceptors (Lipinski definition) is 3. The van der Waals surface area contributed by atoms with E-state index in [4.69, 9.17) is 11.6 Å². The second-order valence-corrected chi connectivity index (χ2v) is 7.46. The Hall–Kier alpha value is -1.85. The Morgan fingerprint density at radius 1 is 1.38 bits per heavy atom. The Morgan fingerprint density at radius 3 is 3.08 bits per heavy atom. The molecule has 124 valence electrons. The molecule has 0 saturated carbocycles. The van der Waals surface area contributed by atoms with Crippen molar-refractivity contribution in [2.45, 2.75) is 31.7 Å². The highest BCUT2D eigenvalue weighted by Gasteiger charge is 2.29. The zero-order valence-corrected chi connectivity index (χ0v) is 14.8. The number of likely N-dealkylation sites (tertiary alicyclic amines) is 1. The van der Waals surface area contributed by atoms with Crippen molar-refractivity contribution in [2.75, 3.05) is 6.54 Å². The summed E-state index contributed by atoms with van der Waals surface area (Å²) in [5.41, 5.74) is 1.96. The van der Waals surface area contributed by atoms with Crippen LogP contribution >= 0.6 is 22.9 Å². The van der Waals surface area contributed by atoms with E-state index >= 15 is 0 Å². The molecule has 0 spiro atoms. The van der Waals surface area contributed by atoms with Gasteiger partial charge in [-0.05, 0) is 30.9 Å². The first kappa shape index (κ1) is 15.7. The lowest BCUT2D eigenvalue weighted by Crippen LogP contribution is -2.37. The van der Waals surface area contributed by atoms with Crippen molar-refractivity contribution in [3.8, 4) is 0 Å². The van der Waals surface area contributed by atoms with Gasteiger partial charge in [-0.3, -0.25) is 9.20 Å². The lowest BCUT2D eigenvalue weighted by molar-refractivity contribution is -0.131. The van der Waals surface area contributed by atoms with Gasteiger partial charge in [0.1, 0.15) is 0 Å². The van der Waals surface area contributed by atoms with Crippen LogP contribution in [0, 0.1) is 0 Å². The third-order valence-electron chi connectivity index (χ3n) is 4.59. The topological polar surface area (TPSA) is 37.6 Å². The number of benzene rings is 1. The van der Waals surface area contributed by atoms with E-state index in [1.54, 1.807) is 11.3 Å². The third-order valence-corrected chi connectivity index (χ3v) is 5.73. The molecule has 1 amide bonds. The van der Waals surface area contributed by atoms with Crippen molar-refractivity contribution in [1.29, 1.82) is 0 Å². The summed E-state index contributed by atoms with van der Waals surface area (Å²) in [4.78, 5) is 20.2. The monoisotopic (exact) mass is 359 g/mol. The second-order valence-electron chi connectivity index (χ2n) is 6.18. The molecule has 0 bridgehead atoms. The van der Waals surface area contributed by atoms with Crippen LogP contribution in [0.15, 0.2) is 42.0 Å². The van der Waals surface area contributed by atoms with Crippen LogP contribution in [0.3, 0.4) is 0 Å². The van der Waals surface area contributed by atoms with Gasteiger partial charge in [0.15, 0.2) is 4.96 Å². The molecule has 1 aliphatic heterocycles. The van der Waals surface area contributed by atoms with Gasteiger partial charge in [0.05, 0.1) is 12.1 Å². The predicted octanol–water partition coefficient (Wildman–Crippen LogP) is 3.83. The zero-order chi connectivity index (χ0) is 16.5. The molecule has 1 saturated heterocycles. The summed E-state index contributed by atoms with van der Waals surface area (Å²) in [6, 6.07) is 8.14. The highest BCUT2D eigenvalue weighted by Crippen LogP contribution is 2.25. The highest BCUT2D eigenvalue weighted by molar-refractivity contribution is 7.15. The molecule has 1 unspecified atom stereocenters. The summed E-state index contributed by atoms with van der Waals surface area (Å²) in [5.74, 6) is 0.162. The normalized spacial score (nSPS) is 17.7. The van der Waals surface area contributed by atoms with E-state index in [0.29, 0.717) is 6.42 Å². The summed E-state index contributed by atoms with van der Waals surface area (Å²) >= 11 is 7.86. The number of fused-ring (bicyclic) bond motifs is 1. The van der Waals surface area contributed by atoms with E-state index in [1.165, 1.54) is 0 Å². The van der Waals surface area contributed by atoms with Crippen LogP contribution < -0.4 is 0 Å². The number of amides is 1. The smallest absolute Gasteiger partial charge is 0.228 e. The summed E-state index contributed by atoms with van der Waals surface area (Å²) in [5, 5.41) is 2.78. The lowest BCUT2D eigenvalue weighted by Gasteiger charge is -2.25. The van der Waals surface area contributed by atoms with Gasteiger partial charge in [-0.1, -0.05) is 29.8 Å². The summed E-state index contributed by atoms with van der Waals surface area (Å²) < 4.78 is 1.97.